The zero-order valence-corrected chi connectivity index (χ0v) is 20.9. The lowest BCUT2D eigenvalue weighted by Crippen LogP contribution is -2.38. The van der Waals surface area contributed by atoms with E-state index in [1.807, 2.05) is 24.3 Å². The number of halogens is 1. The molecule has 0 radical (unpaired) electrons. The molecule has 7 heteroatoms. The molecule has 6 nitrogen and oxygen atoms in total. The van der Waals surface area contributed by atoms with Crippen LogP contribution in [0.4, 0.5) is 0 Å². The van der Waals surface area contributed by atoms with Crippen molar-refractivity contribution in [2.75, 3.05) is 40.5 Å². The molecule has 1 heterocycles. The average molecular weight is 539 g/mol. The van der Waals surface area contributed by atoms with Crippen molar-refractivity contribution >= 4 is 29.9 Å². The lowest BCUT2D eigenvalue weighted by atomic mass is 9.95. The molecule has 170 valence electrons. The summed E-state index contributed by atoms with van der Waals surface area (Å²) in [6.07, 6.45) is 1.96. The fraction of sp³-hybridized carbons (Fsp3) is 0.458. The molecular formula is C24H34IN3O3. The average Bonchev–Trinajstić information content (AvgIpc) is 3.26. The molecule has 2 aromatic carbocycles. The van der Waals surface area contributed by atoms with Crippen molar-refractivity contribution in [2.24, 2.45) is 10.9 Å². The predicted molar refractivity (Wildman–Crippen MR) is 136 cm³/mol. The van der Waals surface area contributed by atoms with Gasteiger partial charge in [0.25, 0.3) is 0 Å². The first kappa shape index (κ1) is 25.3. The maximum Gasteiger partial charge on any atom is 0.191 e. The molecule has 0 aliphatic carbocycles. The summed E-state index contributed by atoms with van der Waals surface area (Å²) in [5.74, 6) is 2.92. The number of guanidine groups is 1. The van der Waals surface area contributed by atoms with Crippen LogP contribution >= 0.6 is 24.0 Å². The molecule has 2 unspecified atom stereocenters. The molecule has 1 aliphatic rings. The first-order valence-corrected chi connectivity index (χ1v) is 10.6. The Bertz CT molecular complexity index is 817. The zero-order valence-electron chi connectivity index (χ0n) is 18.6. The largest absolute Gasteiger partial charge is 0.497 e. The molecule has 1 fully saturated rings. The summed E-state index contributed by atoms with van der Waals surface area (Å²) in [6, 6.07) is 16.3. The van der Waals surface area contributed by atoms with E-state index >= 15 is 0 Å². The summed E-state index contributed by atoms with van der Waals surface area (Å²) in [6.45, 7) is 5.17. The van der Waals surface area contributed by atoms with Crippen LogP contribution in [0, 0.1) is 5.92 Å². The van der Waals surface area contributed by atoms with Crippen LogP contribution in [0.3, 0.4) is 0 Å². The number of rotatable bonds is 9. The van der Waals surface area contributed by atoms with E-state index in [0.29, 0.717) is 5.92 Å². The Morgan fingerprint density at radius 3 is 2.61 bits per heavy atom. The number of hydrogen-bond donors (Lipinski definition) is 2. The van der Waals surface area contributed by atoms with E-state index in [-0.39, 0.29) is 30.1 Å². The van der Waals surface area contributed by atoms with Crippen LogP contribution in [0.2, 0.25) is 0 Å². The van der Waals surface area contributed by atoms with Gasteiger partial charge in [-0.3, -0.25) is 4.99 Å². The number of aliphatic imine (C=N–C) groups is 1. The van der Waals surface area contributed by atoms with Gasteiger partial charge in [-0.15, -0.1) is 24.0 Å². The SMILES string of the molecule is CCNC(=NCC1CCOC1c1ccccc1)NCCc1cc(OC)ccc1OC.I. The Morgan fingerprint density at radius 2 is 1.90 bits per heavy atom. The predicted octanol–water partition coefficient (Wildman–Crippen LogP) is 4.20. The monoisotopic (exact) mass is 539 g/mol. The van der Waals surface area contributed by atoms with Gasteiger partial charge >= 0.3 is 0 Å². The van der Waals surface area contributed by atoms with Gasteiger partial charge in [-0.25, -0.2) is 0 Å². The van der Waals surface area contributed by atoms with E-state index in [9.17, 15) is 0 Å². The molecule has 3 rings (SSSR count). The first-order chi connectivity index (χ1) is 14.7. The molecule has 2 N–H and O–H groups in total. The molecule has 2 aromatic rings. The summed E-state index contributed by atoms with van der Waals surface area (Å²) in [5, 5.41) is 6.78. The summed E-state index contributed by atoms with van der Waals surface area (Å²) in [5.41, 5.74) is 2.34. The van der Waals surface area contributed by atoms with E-state index < -0.39 is 0 Å². The maximum absolute atomic E-state index is 5.99. The molecule has 0 spiro atoms. The lowest BCUT2D eigenvalue weighted by molar-refractivity contribution is 0.0925. The van der Waals surface area contributed by atoms with Gasteiger partial charge < -0.3 is 24.8 Å². The molecule has 0 saturated carbocycles. The van der Waals surface area contributed by atoms with Crippen LogP contribution in [-0.4, -0.2) is 46.4 Å². The molecular weight excluding hydrogens is 505 g/mol. The van der Waals surface area contributed by atoms with Crippen LogP contribution in [0.1, 0.15) is 30.6 Å². The van der Waals surface area contributed by atoms with Gasteiger partial charge in [0.05, 0.1) is 20.3 Å². The number of nitrogens with one attached hydrogen (secondary N) is 2. The topological polar surface area (TPSA) is 64.1 Å². The number of hydrogen-bond acceptors (Lipinski definition) is 4. The lowest BCUT2D eigenvalue weighted by Gasteiger charge is -2.18. The van der Waals surface area contributed by atoms with Crippen molar-refractivity contribution in [3.05, 3.63) is 59.7 Å². The van der Waals surface area contributed by atoms with Crippen molar-refractivity contribution in [3.63, 3.8) is 0 Å². The molecule has 31 heavy (non-hydrogen) atoms. The van der Waals surface area contributed by atoms with Gasteiger partial charge in [0.15, 0.2) is 5.96 Å². The highest BCUT2D eigenvalue weighted by atomic mass is 127. The van der Waals surface area contributed by atoms with Crippen molar-refractivity contribution < 1.29 is 14.2 Å². The van der Waals surface area contributed by atoms with E-state index in [0.717, 1.165) is 62.1 Å². The summed E-state index contributed by atoms with van der Waals surface area (Å²) >= 11 is 0. The van der Waals surface area contributed by atoms with E-state index in [4.69, 9.17) is 19.2 Å². The minimum Gasteiger partial charge on any atom is -0.497 e. The Kier molecular flexibility index (Phi) is 10.9. The second-order valence-electron chi connectivity index (χ2n) is 7.33. The smallest absolute Gasteiger partial charge is 0.191 e. The molecule has 1 aliphatic heterocycles. The van der Waals surface area contributed by atoms with Gasteiger partial charge in [0.1, 0.15) is 11.5 Å². The molecule has 1 saturated heterocycles. The van der Waals surface area contributed by atoms with Crippen LogP contribution in [0.25, 0.3) is 0 Å². The number of nitrogens with zero attached hydrogens (tertiary/aromatic N) is 1. The molecule has 2 atom stereocenters. The van der Waals surface area contributed by atoms with Crippen LogP contribution in [0.15, 0.2) is 53.5 Å². The standard InChI is InChI=1S/C24H33N3O3.HI/c1-4-25-24(26-14-12-19-16-21(28-2)10-11-22(19)29-3)27-17-20-13-15-30-23(20)18-8-6-5-7-9-18;/h5-11,16,20,23H,4,12-15,17H2,1-3H3,(H2,25,26,27);1H. The second kappa shape index (κ2) is 13.4. The third kappa shape index (κ3) is 7.28. The maximum atomic E-state index is 5.99. The van der Waals surface area contributed by atoms with E-state index in [1.165, 1.54) is 5.56 Å². The minimum absolute atomic E-state index is 0. The first-order valence-electron chi connectivity index (χ1n) is 10.6. The fourth-order valence-corrected chi connectivity index (χ4v) is 3.78. The Labute approximate surface area is 202 Å². The Hall–Kier alpha value is -2.00. The third-order valence-corrected chi connectivity index (χ3v) is 5.34. The highest BCUT2D eigenvalue weighted by Gasteiger charge is 2.29. The quantitative estimate of drug-likeness (QED) is 0.284. The van der Waals surface area contributed by atoms with Crippen LogP contribution in [0.5, 0.6) is 11.5 Å². The number of methoxy groups -OCH3 is 2. The van der Waals surface area contributed by atoms with Crippen molar-refractivity contribution in [1.82, 2.24) is 10.6 Å². The van der Waals surface area contributed by atoms with E-state index in [2.05, 4.69) is 41.8 Å². The number of benzene rings is 2. The van der Waals surface area contributed by atoms with Crippen LogP contribution < -0.4 is 20.1 Å². The molecule has 0 aromatic heterocycles. The normalized spacial score (nSPS) is 18.2. The zero-order chi connectivity index (χ0) is 21.2. The third-order valence-electron chi connectivity index (χ3n) is 5.34. The summed E-state index contributed by atoms with van der Waals surface area (Å²) in [7, 11) is 3.37. The van der Waals surface area contributed by atoms with Gasteiger partial charge in [0, 0.05) is 32.2 Å². The van der Waals surface area contributed by atoms with Gasteiger partial charge in [-0.2, -0.15) is 0 Å². The van der Waals surface area contributed by atoms with Crippen LogP contribution in [-0.2, 0) is 11.2 Å². The molecule has 0 amide bonds. The highest BCUT2D eigenvalue weighted by Crippen LogP contribution is 2.34. The highest BCUT2D eigenvalue weighted by molar-refractivity contribution is 14.0. The summed E-state index contributed by atoms with van der Waals surface area (Å²) in [4.78, 5) is 4.84. The number of ether oxygens (including phenoxy) is 3. The van der Waals surface area contributed by atoms with Crippen molar-refractivity contribution in [3.8, 4) is 11.5 Å². The minimum atomic E-state index is 0. The fourth-order valence-electron chi connectivity index (χ4n) is 3.78. The Balaban J connectivity index is 0.00000341. The molecule has 0 bridgehead atoms. The second-order valence-corrected chi connectivity index (χ2v) is 7.33. The van der Waals surface area contributed by atoms with Crippen molar-refractivity contribution in [1.29, 1.82) is 0 Å². The Morgan fingerprint density at radius 1 is 1.10 bits per heavy atom. The van der Waals surface area contributed by atoms with Gasteiger partial charge in [0.2, 0.25) is 0 Å². The van der Waals surface area contributed by atoms with E-state index in [1.54, 1.807) is 14.2 Å². The van der Waals surface area contributed by atoms with Crippen molar-refractivity contribution in [2.45, 2.75) is 25.9 Å². The van der Waals surface area contributed by atoms with Gasteiger partial charge in [-0.05, 0) is 49.1 Å². The van der Waals surface area contributed by atoms with Gasteiger partial charge in [-0.1, -0.05) is 30.3 Å². The summed E-state index contributed by atoms with van der Waals surface area (Å²) < 4.78 is 16.8.